The summed E-state index contributed by atoms with van der Waals surface area (Å²) in [4.78, 5) is 25.2. The van der Waals surface area contributed by atoms with E-state index in [4.69, 9.17) is 4.74 Å². The number of carbonyl (C=O) groups is 1. The van der Waals surface area contributed by atoms with Gasteiger partial charge in [-0.3, -0.25) is 19.6 Å². The predicted molar refractivity (Wildman–Crippen MR) is 122 cm³/mol. The van der Waals surface area contributed by atoms with Gasteiger partial charge in [-0.2, -0.15) is 5.10 Å². The van der Waals surface area contributed by atoms with Crippen molar-refractivity contribution < 1.29 is 14.5 Å². The van der Waals surface area contributed by atoms with Crippen LogP contribution in [0.4, 0.5) is 5.69 Å². The van der Waals surface area contributed by atoms with E-state index in [-0.39, 0.29) is 11.6 Å². The molecule has 0 N–H and O–H groups in total. The molecule has 0 fully saturated rings. The minimum atomic E-state index is -0.409. The van der Waals surface area contributed by atoms with Crippen molar-refractivity contribution in [2.75, 3.05) is 13.7 Å². The van der Waals surface area contributed by atoms with Gasteiger partial charge in [-0.1, -0.05) is 36.9 Å². The standard InChI is InChI=1S/C24H26N4O4/c1-5-14-32-22-12-8-19(9-13-22)15-26(4)24(29)21-10-6-20(7-11-21)16-27-18(3)23(28(30)31)17(2)25-27/h5-13H,1,14-16H2,2-4H3. The minimum absolute atomic E-state index is 0.0405. The summed E-state index contributed by atoms with van der Waals surface area (Å²) in [5.41, 5.74) is 3.41. The van der Waals surface area contributed by atoms with Crippen molar-refractivity contribution in [3.63, 3.8) is 0 Å². The van der Waals surface area contributed by atoms with Gasteiger partial charge >= 0.3 is 5.69 Å². The fraction of sp³-hybridized carbons (Fsp3) is 0.250. The summed E-state index contributed by atoms with van der Waals surface area (Å²) < 4.78 is 7.08. The lowest BCUT2D eigenvalue weighted by molar-refractivity contribution is -0.386. The number of nitrogens with zero attached hydrogens (tertiary/aromatic N) is 4. The van der Waals surface area contributed by atoms with Crippen LogP contribution in [0.3, 0.4) is 0 Å². The molecule has 1 heterocycles. The Morgan fingerprint density at radius 3 is 2.34 bits per heavy atom. The van der Waals surface area contributed by atoms with Gasteiger partial charge in [0.05, 0.1) is 11.5 Å². The average Bonchev–Trinajstić information content (AvgIpc) is 3.06. The normalized spacial score (nSPS) is 10.6. The van der Waals surface area contributed by atoms with Crippen LogP contribution in [0.5, 0.6) is 5.75 Å². The molecule has 0 saturated heterocycles. The van der Waals surface area contributed by atoms with Crippen molar-refractivity contribution in [3.05, 3.63) is 99.4 Å². The van der Waals surface area contributed by atoms with Crippen LogP contribution in [-0.2, 0) is 13.1 Å². The largest absolute Gasteiger partial charge is 0.490 e. The predicted octanol–water partition coefficient (Wildman–Crippen LogP) is 4.29. The maximum Gasteiger partial charge on any atom is 0.312 e. The molecule has 0 aliphatic rings. The molecule has 2 aromatic carbocycles. The quantitative estimate of drug-likeness (QED) is 0.285. The third-order valence-corrected chi connectivity index (χ3v) is 5.12. The highest BCUT2D eigenvalue weighted by Gasteiger charge is 2.21. The van der Waals surface area contributed by atoms with Crippen molar-refractivity contribution in [1.29, 1.82) is 0 Å². The summed E-state index contributed by atoms with van der Waals surface area (Å²) in [6, 6.07) is 14.8. The molecule has 8 heteroatoms. The summed E-state index contributed by atoms with van der Waals surface area (Å²) in [5.74, 6) is 0.663. The molecule has 166 valence electrons. The molecular formula is C24H26N4O4. The fourth-order valence-electron chi connectivity index (χ4n) is 3.44. The van der Waals surface area contributed by atoms with Gasteiger partial charge < -0.3 is 9.64 Å². The third kappa shape index (κ3) is 5.21. The van der Waals surface area contributed by atoms with Gasteiger partial charge in [0.15, 0.2) is 0 Å². The van der Waals surface area contributed by atoms with Crippen LogP contribution in [0, 0.1) is 24.0 Å². The summed E-state index contributed by atoms with van der Waals surface area (Å²) in [6.45, 7) is 8.25. The number of aryl methyl sites for hydroxylation is 1. The molecule has 3 aromatic rings. The second-order valence-corrected chi connectivity index (χ2v) is 7.54. The topological polar surface area (TPSA) is 90.5 Å². The SMILES string of the molecule is C=CCOc1ccc(CN(C)C(=O)c2ccc(Cn3nc(C)c([N+](=O)[O-])c3C)cc2)cc1. The summed E-state index contributed by atoms with van der Waals surface area (Å²) in [7, 11) is 1.76. The van der Waals surface area contributed by atoms with Crippen LogP contribution in [0.2, 0.25) is 0 Å². The Morgan fingerprint density at radius 1 is 1.16 bits per heavy atom. The smallest absolute Gasteiger partial charge is 0.312 e. The van der Waals surface area contributed by atoms with Crippen molar-refractivity contribution in [2.24, 2.45) is 0 Å². The molecule has 0 atom stereocenters. The number of hydrogen-bond donors (Lipinski definition) is 0. The highest BCUT2D eigenvalue weighted by molar-refractivity contribution is 5.94. The molecule has 0 radical (unpaired) electrons. The van der Waals surface area contributed by atoms with Crippen LogP contribution in [0.1, 0.15) is 32.9 Å². The maximum atomic E-state index is 12.8. The van der Waals surface area contributed by atoms with Crippen LogP contribution in [0.25, 0.3) is 0 Å². The summed E-state index contributed by atoms with van der Waals surface area (Å²) in [6.07, 6.45) is 1.69. The Balaban J connectivity index is 1.64. The lowest BCUT2D eigenvalue weighted by atomic mass is 10.1. The molecule has 32 heavy (non-hydrogen) atoms. The van der Waals surface area contributed by atoms with Crippen LogP contribution >= 0.6 is 0 Å². The first-order chi connectivity index (χ1) is 15.3. The lowest BCUT2D eigenvalue weighted by Gasteiger charge is -2.18. The van der Waals surface area contributed by atoms with Gasteiger partial charge in [0.2, 0.25) is 0 Å². The Bertz CT molecular complexity index is 1120. The van der Waals surface area contributed by atoms with E-state index in [9.17, 15) is 14.9 Å². The molecule has 8 nitrogen and oxygen atoms in total. The van der Waals surface area contributed by atoms with E-state index in [1.807, 2.05) is 36.4 Å². The number of amides is 1. The Kier molecular flexibility index (Phi) is 7.04. The first-order valence-corrected chi connectivity index (χ1v) is 10.2. The van der Waals surface area contributed by atoms with E-state index in [1.54, 1.807) is 48.7 Å². The highest BCUT2D eigenvalue weighted by atomic mass is 16.6. The van der Waals surface area contributed by atoms with Crippen LogP contribution < -0.4 is 4.74 Å². The van der Waals surface area contributed by atoms with Crippen molar-refractivity contribution in [2.45, 2.75) is 26.9 Å². The lowest BCUT2D eigenvalue weighted by Crippen LogP contribution is -2.26. The molecule has 1 aromatic heterocycles. The zero-order valence-electron chi connectivity index (χ0n) is 18.4. The Hall–Kier alpha value is -3.94. The summed E-state index contributed by atoms with van der Waals surface area (Å²) >= 11 is 0. The second-order valence-electron chi connectivity index (χ2n) is 7.54. The van der Waals surface area contributed by atoms with E-state index in [0.29, 0.717) is 36.6 Å². The summed E-state index contributed by atoms with van der Waals surface area (Å²) in [5, 5.41) is 15.4. The number of aromatic nitrogens is 2. The zero-order chi connectivity index (χ0) is 23.3. The molecule has 0 bridgehead atoms. The second kappa shape index (κ2) is 9.91. The first kappa shape index (κ1) is 22.7. The van der Waals surface area contributed by atoms with E-state index in [0.717, 1.165) is 16.9 Å². The maximum absolute atomic E-state index is 12.8. The molecule has 0 unspecified atom stereocenters. The first-order valence-electron chi connectivity index (χ1n) is 10.2. The van der Waals surface area contributed by atoms with E-state index < -0.39 is 4.92 Å². The van der Waals surface area contributed by atoms with Gasteiger partial charge in [0.25, 0.3) is 5.91 Å². The highest BCUT2D eigenvalue weighted by Crippen LogP contribution is 2.22. The van der Waals surface area contributed by atoms with Gasteiger partial charge in [-0.05, 0) is 49.2 Å². The van der Waals surface area contributed by atoms with Gasteiger partial charge in [-0.25, -0.2) is 0 Å². The van der Waals surface area contributed by atoms with E-state index in [2.05, 4.69) is 11.7 Å². The monoisotopic (exact) mass is 434 g/mol. The number of benzene rings is 2. The van der Waals surface area contributed by atoms with E-state index >= 15 is 0 Å². The number of nitro groups is 1. The van der Waals surface area contributed by atoms with Crippen LogP contribution in [0.15, 0.2) is 61.2 Å². The average molecular weight is 434 g/mol. The molecule has 0 saturated carbocycles. The molecule has 3 rings (SSSR count). The van der Waals surface area contributed by atoms with Crippen molar-refractivity contribution in [1.82, 2.24) is 14.7 Å². The third-order valence-electron chi connectivity index (χ3n) is 5.12. The van der Waals surface area contributed by atoms with Crippen molar-refractivity contribution >= 4 is 11.6 Å². The Morgan fingerprint density at radius 2 is 1.78 bits per heavy atom. The van der Waals surface area contributed by atoms with Gasteiger partial charge in [0.1, 0.15) is 23.7 Å². The molecule has 0 aliphatic carbocycles. The zero-order valence-corrected chi connectivity index (χ0v) is 18.4. The van der Waals surface area contributed by atoms with Crippen molar-refractivity contribution in [3.8, 4) is 5.75 Å². The molecule has 0 spiro atoms. The number of rotatable bonds is 9. The minimum Gasteiger partial charge on any atom is -0.490 e. The van der Waals surface area contributed by atoms with Gasteiger partial charge in [0, 0.05) is 19.2 Å². The Labute approximate surface area is 186 Å². The number of ether oxygens (including phenoxy) is 1. The number of carbonyl (C=O) groups excluding carboxylic acids is 1. The number of hydrogen-bond acceptors (Lipinski definition) is 5. The fourth-order valence-corrected chi connectivity index (χ4v) is 3.44. The van der Waals surface area contributed by atoms with Crippen LogP contribution in [-0.4, -0.2) is 39.2 Å². The van der Waals surface area contributed by atoms with Gasteiger partial charge in [-0.15, -0.1) is 0 Å². The van der Waals surface area contributed by atoms with E-state index in [1.165, 1.54) is 0 Å². The molecule has 1 amide bonds. The molecule has 0 aliphatic heterocycles. The molecular weight excluding hydrogens is 408 g/mol.